The molecule has 3 aromatic rings. The molecule has 4 rings (SSSR count). The number of benzene rings is 1. The molecule has 1 aliphatic rings. The Morgan fingerprint density at radius 2 is 1.88 bits per heavy atom. The van der Waals surface area contributed by atoms with Crippen molar-refractivity contribution < 1.29 is 13.9 Å². The van der Waals surface area contributed by atoms with Crippen molar-refractivity contribution in [3.05, 3.63) is 70.5 Å². The van der Waals surface area contributed by atoms with Gasteiger partial charge in [-0.15, -0.1) is 11.3 Å². The van der Waals surface area contributed by atoms with Gasteiger partial charge in [-0.25, -0.2) is 0 Å². The Balaban J connectivity index is 1.70. The van der Waals surface area contributed by atoms with Crippen LogP contribution in [-0.4, -0.2) is 55.0 Å². The van der Waals surface area contributed by atoms with Crippen LogP contribution in [0.1, 0.15) is 53.4 Å². The van der Waals surface area contributed by atoms with E-state index in [2.05, 4.69) is 47.2 Å². The summed E-state index contributed by atoms with van der Waals surface area (Å²) in [5.74, 6) is 0.982. The first-order valence-electron chi connectivity index (χ1n) is 11.8. The summed E-state index contributed by atoms with van der Waals surface area (Å²) in [5.41, 5.74) is 2.35. The average Bonchev–Trinajstić information content (AvgIpc) is 3.52. The molecular formula is C26H33N3O3S. The highest BCUT2D eigenvalue weighted by Gasteiger charge is 2.30. The zero-order valence-corrected chi connectivity index (χ0v) is 20.5. The molecule has 0 radical (unpaired) electrons. The highest BCUT2D eigenvalue weighted by atomic mass is 32.1. The third-order valence-electron chi connectivity index (χ3n) is 6.15. The highest BCUT2D eigenvalue weighted by Crippen LogP contribution is 2.40. The molecular weight excluding hydrogens is 434 g/mol. The van der Waals surface area contributed by atoms with Gasteiger partial charge < -0.3 is 19.4 Å². The Kier molecular flexibility index (Phi) is 7.85. The lowest BCUT2D eigenvalue weighted by Crippen LogP contribution is -2.47. The lowest BCUT2D eigenvalue weighted by molar-refractivity contribution is 0.0995. The third kappa shape index (κ3) is 5.49. The van der Waals surface area contributed by atoms with Gasteiger partial charge in [0.15, 0.2) is 5.76 Å². The first kappa shape index (κ1) is 23.5. The Bertz CT molecular complexity index is 1020. The largest absolute Gasteiger partial charge is 0.494 e. The second-order valence-electron chi connectivity index (χ2n) is 8.16. The minimum absolute atomic E-state index is 0.0585. The van der Waals surface area contributed by atoms with Gasteiger partial charge >= 0.3 is 0 Å². The molecule has 2 aromatic heterocycles. The number of thiophene rings is 1. The molecule has 0 bridgehead atoms. The van der Waals surface area contributed by atoms with E-state index in [4.69, 9.17) is 9.15 Å². The fourth-order valence-electron chi connectivity index (χ4n) is 4.34. The number of hydrogen-bond acceptors (Lipinski definition) is 6. The van der Waals surface area contributed by atoms with Gasteiger partial charge in [-0.2, -0.15) is 0 Å². The van der Waals surface area contributed by atoms with Crippen LogP contribution in [0.4, 0.5) is 5.00 Å². The maximum atomic E-state index is 12.8. The van der Waals surface area contributed by atoms with Crippen molar-refractivity contribution in [2.45, 2.75) is 33.2 Å². The first-order valence-corrected chi connectivity index (χ1v) is 12.6. The topological polar surface area (TPSA) is 58.0 Å². The van der Waals surface area contributed by atoms with Crippen LogP contribution in [0.3, 0.4) is 0 Å². The van der Waals surface area contributed by atoms with Gasteiger partial charge in [0.25, 0.3) is 5.91 Å². The summed E-state index contributed by atoms with van der Waals surface area (Å²) in [5, 5.41) is 4.03. The van der Waals surface area contributed by atoms with E-state index >= 15 is 0 Å². The molecule has 0 unspecified atom stereocenters. The van der Waals surface area contributed by atoms with E-state index in [0.717, 1.165) is 55.5 Å². The Morgan fingerprint density at radius 1 is 1.12 bits per heavy atom. The minimum Gasteiger partial charge on any atom is -0.494 e. The molecule has 1 N–H and O–H groups in total. The van der Waals surface area contributed by atoms with Crippen LogP contribution in [0.25, 0.3) is 0 Å². The van der Waals surface area contributed by atoms with Crippen molar-refractivity contribution in [2.75, 3.05) is 44.6 Å². The first-order chi connectivity index (χ1) is 16.1. The number of amides is 1. The molecule has 33 heavy (non-hydrogen) atoms. The van der Waals surface area contributed by atoms with Gasteiger partial charge in [-0.05, 0) is 55.8 Å². The van der Waals surface area contributed by atoms with Crippen molar-refractivity contribution in [3.8, 4) is 5.75 Å². The monoisotopic (exact) mass is 467 g/mol. The van der Waals surface area contributed by atoms with Crippen LogP contribution < -0.4 is 10.1 Å². The van der Waals surface area contributed by atoms with Gasteiger partial charge in [0.2, 0.25) is 0 Å². The minimum atomic E-state index is -0.216. The molecule has 3 heterocycles. The molecule has 1 saturated heterocycles. The van der Waals surface area contributed by atoms with Crippen molar-refractivity contribution in [1.82, 2.24) is 9.80 Å². The maximum Gasteiger partial charge on any atom is 0.291 e. The summed E-state index contributed by atoms with van der Waals surface area (Å²) in [6.45, 7) is 12.1. The van der Waals surface area contributed by atoms with Gasteiger partial charge in [0.1, 0.15) is 10.8 Å². The maximum absolute atomic E-state index is 12.8. The second kappa shape index (κ2) is 11.0. The number of nitrogens with one attached hydrogen (secondary N) is 1. The van der Waals surface area contributed by atoms with Crippen LogP contribution in [0.15, 0.2) is 53.1 Å². The van der Waals surface area contributed by atoms with E-state index in [1.54, 1.807) is 23.5 Å². The van der Waals surface area contributed by atoms with E-state index in [1.165, 1.54) is 16.7 Å². The number of aryl methyl sites for hydroxylation is 1. The van der Waals surface area contributed by atoms with Crippen molar-refractivity contribution in [2.24, 2.45) is 0 Å². The fourth-order valence-corrected chi connectivity index (χ4v) is 5.37. The lowest BCUT2D eigenvalue weighted by Gasteiger charge is -2.39. The molecule has 1 aromatic carbocycles. The fraction of sp³-hybridized carbons (Fsp3) is 0.423. The predicted molar refractivity (Wildman–Crippen MR) is 133 cm³/mol. The molecule has 0 spiro atoms. The Morgan fingerprint density at radius 3 is 2.48 bits per heavy atom. The van der Waals surface area contributed by atoms with Crippen LogP contribution >= 0.6 is 11.3 Å². The number of hydrogen-bond donors (Lipinski definition) is 1. The SMILES string of the molecule is CCOc1ccc([C@H](c2cc(CC)sc2NC(=O)c2ccco2)N2CCN(CC)CC2)cc1. The molecule has 0 aliphatic carbocycles. The molecule has 0 saturated carbocycles. The van der Waals surface area contributed by atoms with E-state index in [0.29, 0.717) is 12.4 Å². The quantitative estimate of drug-likeness (QED) is 0.464. The number of anilines is 1. The summed E-state index contributed by atoms with van der Waals surface area (Å²) in [6, 6.07) is 14.1. The van der Waals surface area contributed by atoms with E-state index in [-0.39, 0.29) is 11.9 Å². The van der Waals surface area contributed by atoms with Crippen molar-refractivity contribution in [3.63, 3.8) is 0 Å². The standard InChI is InChI=1S/C26H33N3O3S/c1-4-21-18-22(26(33-21)27-25(30)23-8-7-17-32-23)24(29-15-13-28(5-2)14-16-29)19-9-11-20(12-10-19)31-6-3/h7-12,17-18,24H,4-6,13-16H2,1-3H3,(H,27,30)/t24-/m1/s1. The Hall–Kier alpha value is -2.61. The summed E-state index contributed by atoms with van der Waals surface area (Å²) in [4.78, 5) is 19.1. The molecule has 176 valence electrons. The molecule has 7 heteroatoms. The number of furan rings is 1. The van der Waals surface area contributed by atoms with E-state index in [1.807, 2.05) is 19.1 Å². The van der Waals surface area contributed by atoms with Crippen LogP contribution in [-0.2, 0) is 6.42 Å². The smallest absolute Gasteiger partial charge is 0.291 e. The molecule has 6 nitrogen and oxygen atoms in total. The van der Waals surface area contributed by atoms with Crippen molar-refractivity contribution >= 4 is 22.2 Å². The number of piperazine rings is 1. The number of likely N-dealkylation sites (N-methyl/N-ethyl adjacent to an activating group) is 1. The number of carbonyl (C=O) groups excluding carboxylic acids is 1. The lowest BCUT2D eigenvalue weighted by atomic mass is 9.97. The van der Waals surface area contributed by atoms with Crippen molar-refractivity contribution in [1.29, 1.82) is 0 Å². The summed E-state index contributed by atoms with van der Waals surface area (Å²) >= 11 is 1.65. The zero-order valence-electron chi connectivity index (χ0n) is 19.7. The zero-order chi connectivity index (χ0) is 23.2. The molecule has 1 fully saturated rings. The predicted octanol–water partition coefficient (Wildman–Crippen LogP) is 5.28. The van der Waals surface area contributed by atoms with Crippen LogP contribution in [0.2, 0.25) is 0 Å². The average molecular weight is 468 g/mol. The number of nitrogens with zero attached hydrogens (tertiary/aromatic N) is 2. The second-order valence-corrected chi connectivity index (χ2v) is 9.29. The van der Waals surface area contributed by atoms with Gasteiger partial charge in [0, 0.05) is 36.6 Å². The number of carbonyl (C=O) groups is 1. The van der Waals surface area contributed by atoms with E-state index < -0.39 is 0 Å². The normalized spacial score (nSPS) is 16.0. The van der Waals surface area contributed by atoms with Gasteiger partial charge in [-0.3, -0.25) is 9.69 Å². The molecule has 1 aliphatic heterocycles. The Labute approximate surface area is 200 Å². The van der Waals surface area contributed by atoms with Crippen LogP contribution in [0.5, 0.6) is 5.75 Å². The third-order valence-corrected chi connectivity index (χ3v) is 7.36. The summed E-state index contributed by atoms with van der Waals surface area (Å²) < 4.78 is 11.0. The molecule has 1 amide bonds. The summed E-state index contributed by atoms with van der Waals surface area (Å²) in [7, 11) is 0. The molecule has 1 atom stereocenters. The highest BCUT2D eigenvalue weighted by molar-refractivity contribution is 7.16. The summed E-state index contributed by atoms with van der Waals surface area (Å²) in [6.07, 6.45) is 2.45. The van der Waals surface area contributed by atoms with E-state index in [9.17, 15) is 4.79 Å². The van der Waals surface area contributed by atoms with Gasteiger partial charge in [0.05, 0.1) is 18.9 Å². The number of rotatable bonds is 9. The van der Waals surface area contributed by atoms with Crippen LogP contribution in [0, 0.1) is 0 Å². The number of ether oxygens (including phenoxy) is 1. The van der Waals surface area contributed by atoms with Gasteiger partial charge in [-0.1, -0.05) is 26.0 Å².